The standard InChI is InChI=1S/C29H25Cl2IN2O3S/c1-5-11-37-27-24(32)12-19(13-25(27)36-6-2)14-26-28(35)34(21-10-8-18(4)23(31)16-21)29(38-26)33-20-9-7-17(3)22(30)15-20/h5,7-10,12-16H,1,6,11H2,2-4H3/b26-14+,33-29?. The van der Waals surface area contributed by atoms with Gasteiger partial charge in [-0.05, 0) is 114 Å². The molecule has 0 saturated carbocycles. The minimum Gasteiger partial charge on any atom is -0.490 e. The van der Waals surface area contributed by atoms with Crippen molar-refractivity contribution in [3.63, 3.8) is 0 Å². The molecule has 38 heavy (non-hydrogen) atoms. The van der Waals surface area contributed by atoms with Crippen molar-refractivity contribution in [2.45, 2.75) is 20.8 Å². The zero-order chi connectivity index (χ0) is 27.4. The fraction of sp³-hybridized carbons (Fsp3) is 0.172. The van der Waals surface area contributed by atoms with Crippen molar-refractivity contribution in [3.05, 3.63) is 96.4 Å². The van der Waals surface area contributed by atoms with Crippen LogP contribution in [0.4, 0.5) is 11.4 Å². The summed E-state index contributed by atoms with van der Waals surface area (Å²) in [6, 6.07) is 14.9. The Hall–Kier alpha value is -2.46. The number of ether oxygens (including phenoxy) is 2. The number of aliphatic imine (C=N–C) groups is 1. The van der Waals surface area contributed by atoms with E-state index in [1.165, 1.54) is 11.8 Å². The molecule has 9 heteroatoms. The highest BCUT2D eigenvalue weighted by molar-refractivity contribution is 14.1. The molecule has 3 aromatic carbocycles. The summed E-state index contributed by atoms with van der Waals surface area (Å²) in [5.74, 6) is 1.05. The Labute approximate surface area is 250 Å². The van der Waals surface area contributed by atoms with Crippen LogP contribution in [0.5, 0.6) is 11.5 Å². The van der Waals surface area contributed by atoms with Gasteiger partial charge in [0.2, 0.25) is 0 Å². The number of rotatable bonds is 8. The van der Waals surface area contributed by atoms with E-state index in [0.717, 1.165) is 20.3 Å². The second-order valence-corrected chi connectivity index (χ2v) is 11.4. The van der Waals surface area contributed by atoms with Crippen LogP contribution in [0.1, 0.15) is 23.6 Å². The lowest BCUT2D eigenvalue weighted by Crippen LogP contribution is -2.28. The van der Waals surface area contributed by atoms with Gasteiger partial charge in [0.1, 0.15) is 6.61 Å². The highest BCUT2D eigenvalue weighted by atomic mass is 127. The maximum absolute atomic E-state index is 13.8. The number of carbonyl (C=O) groups excluding carboxylic acids is 1. The van der Waals surface area contributed by atoms with E-state index in [0.29, 0.717) is 56.2 Å². The Morgan fingerprint density at radius 1 is 1.05 bits per heavy atom. The summed E-state index contributed by atoms with van der Waals surface area (Å²) >= 11 is 16.3. The molecular weight excluding hydrogens is 654 g/mol. The first kappa shape index (κ1) is 28.5. The maximum atomic E-state index is 13.8. The Balaban J connectivity index is 1.79. The van der Waals surface area contributed by atoms with Gasteiger partial charge in [-0.15, -0.1) is 0 Å². The van der Waals surface area contributed by atoms with Crippen molar-refractivity contribution >= 4 is 86.1 Å². The van der Waals surface area contributed by atoms with Gasteiger partial charge in [-0.2, -0.15) is 0 Å². The number of nitrogens with zero attached hydrogens (tertiary/aromatic N) is 2. The maximum Gasteiger partial charge on any atom is 0.271 e. The van der Waals surface area contributed by atoms with Crippen molar-refractivity contribution in [2.75, 3.05) is 18.1 Å². The number of hydrogen-bond acceptors (Lipinski definition) is 5. The summed E-state index contributed by atoms with van der Waals surface area (Å²) in [6.07, 6.45) is 3.52. The van der Waals surface area contributed by atoms with E-state index < -0.39 is 0 Å². The molecule has 0 bridgehead atoms. The van der Waals surface area contributed by atoms with Gasteiger partial charge in [-0.25, -0.2) is 4.99 Å². The minimum atomic E-state index is -0.202. The SMILES string of the molecule is C=CCOc1c(I)cc(/C=C2/SC(=Nc3ccc(C)c(Cl)c3)N(c3ccc(C)c(Cl)c3)C2=O)cc1OCC. The zero-order valence-electron chi connectivity index (χ0n) is 21.1. The third kappa shape index (κ3) is 6.39. The number of aryl methyl sites for hydroxylation is 2. The lowest BCUT2D eigenvalue weighted by atomic mass is 10.1. The number of benzene rings is 3. The largest absolute Gasteiger partial charge is 0.490 e. The number of halogens is 3. The van der Waals surface area contributed by atoms with E-state index >= 15 is 0 Å². The van der Waals surface area contributed by atoms with Crippen molar-refractivity contribution < 1.29 is 14.3 Å². The average Bonchev–Trinajstić information content (AvgIpc) is 3.17. The highest BCUT2D eigenvalue weighted by Gasteiger charge is 2.35. The molecule has 1 saturated heterocycles. The van der Waals surface area contributed by atoms with Crippen LogP contribution in [0.2, 0.25) is 10.0 Å². The molecule has 0 aromatic heterocycles. The van der Waals surface area contributed by atoms with Crippen molar-refractivity contribution in [1.29, 1.82) is 0 Å². The summed E-state index contributed by atoms with van der Waals surface area (Å²) in [5.41, 5.74) is 3.97. The van der Waals surface area contributed by atoms with E-state index in [1.54, 1.807) is 23.1 Å². The molecule has 1 amide bonds. The lowest BCUT2D eigenvalue weighted by molar-refractivity contribution is -0.113. The van der Waals surface area contributed by atoms with Crippen LogP contribution in [0.3, 0.4) is 0 Å². The lowest BCUT2D eigenvalue weighted by Gasteiger charge is -2.17. The average molecular weight is 679 g/mol. The van der Waals surface area contributed by atoms with E-state index in [-0.39, 0.29) is 5.91 Å². The molecule has 0 radical (unpaired) electrons. The van der Waals surface area contributed by atoms with Crippen LogP contribution < -0.4 is 14.4 Å². The monoisotopic (exact) mass is 678 g/mol. The first-order valence-electron chi connectivity index (χ1n) is 11.8. The van der Waals surface area contributed by atoms with Crippen LogP contribution in [-0.2, 0) is 4.79 Å². The van der Waals surface area contributed by atoms with Crippen LogP contribution in [0.25, 0.3) is 6.08 Å². The number of anilines is 1. The van der Waals surface area contributed by atoms with E-state index in [4.69, 9.17) is 37.7 Å². The molecule has 1 fully saturated rings. The number of hydrogen-bond donors (Lipinski definition) is 0. The summed E-state index contributed by atoms with van der Waals surface area (Å²) in [4.78, 5) is 20.6. The molecule has 0 aliphatic carbocycles. The molecule has 1 aliphatic heterocycles. The van der Waals surface area contributed by atoms with Crippen LogP contribution in [0.15, 0.2) is 71.1 Å². The van der Waals surface area contributed by atoms with Gasteiger partial charge in [0.05, 0.1) is 26.5 Å². The van der Waals surface area contributed by atoms with Gasteiger partial charge in [0.25, 0.3) is 5.91 Å². The topological polar surface area (TPSA) is 51.1 Å². The van der Waals surface area contributed by atoms with Crippen molar-refractivity contribution in [3.8, 4) is 11.5 Å². The molecule has 0 atom stereocenters. The summed E-state index contributed by atoms with van der Waals surface area (Å²) in [7, 11) is 0. The number of carbonyl (C=O) groups is 1. The summed E-state index contributed by atoms with van der Waals surface area (Å²) in [5, 5.41) is 1.69. The van der Waals surface area contributed by atoms with Gasteiger partial charge in [-0.1, -0.05) is 48.0 Å². The number of thioether (sulfide) groups is 1. The number of amidine groups is 1. The van der Waals surface area contributed by atoms with Crippen LogP contribution >= 0.6 is 57.6 Å². The van der Waals surface area contributed by atoms with Gasteiger partial charge in [0, 0.05) is 10.0 Å². The Morgan fingerprint density at radius 2 is 1.76 bits per heavy atom. The smallest absolute Gasteiger partial charge is 0.271 e. The Bertz CT molecular complexity index is 1470. The van der Waals surface area contributed by atoms with Crippen LogP contribution in [-0.4, -0.2) is 24.3 Å². The first-order chi connectivity index (χ1) is 18.2. The number of amides is 1. The highest BCUT2D eigenvalue weighted by Crippen LogP contribution is 2.40. The minimum absolute atomic E-state index is 0.202. The Kier molecular flexibility index (Phi) is 9.46. The first-order valence-corrected chi connectivity index (χ1v) is 14.4. The Morgan fingerprint density at radius 3 is 2.42 bits per heavy atom. The second kappa shape index (κ2) is 12.6. The fourth-order valence-electron chi connectivity index (χ4n) is 3.63. The third-order valence-corrected chi connectivity index (χ3v) is 8.16. The van der Waals surface area contributed by atoms with Crippen molar-refractivity contribution in [2.24, 2.45) is 4.99 Å². The molecule has 0 spiro atoms. The molecule has 5 nitrogen and oxygen atoms in total. The summed E-state index contributed by atoms with van der Waals surface area (Å²) in [6.45, 7) is 10.3. The molecule has 0 unspecified atom stereocenters. The molecular formula is C29H25Cl2IN2O3S. The quantitative estimate of drug-likeness (QED) is 0.136. The molecule has 196 valence electrons. The normalized spacial score (nSPS) is 15.4. The van der Waals surface area contributed by atoms with E-state index in [9.17, 15) is 4.79 Å². The molecule has 0 N–H and O–H groups in total. The van der Waals surface area contributed by atoms with Gasteiger partial charge < -0.3 is 9.47 Å². The molecule has 4 rings (SSSR count). The van der Waals surface area contributed by atoms with Gasteiger partial charge in [0.15, 0.2) is 16.7 Å². The molecule has 1 aliphatic rings. The van der Waals surface area contributed by atoms with Crippen molar-refractivity contribution in [1.82, 2.24) is 0 Å². The van der Waals surface area contributed by atoms with Gasteiger partial charge >= 0.3 is 0 Å². The third-order valence-electron chi connectivity index (χ3n) is 5.58. The second-order valence-electron chi connectivity index (χ2n) is 8.38. The zero-order valence-corrected chi connectivity index (χ0v) is 25.5. The fourth-order valence-corrected chi connectivity index (χ4v) is 5.76. The predicted molar refractivity (Wildman–Crippen MR) is 169 cm³/mol. The van der Waals surface area contributed by atoms with E-state index in [1.807, 2.05) is 63.2 Å². The molecule has 1 heterocycles. The van der Waals surface area contributed by atoms with Gasteiger partial charge in [-0.3, -0.25) is 9.69 Å². The molecule has 3 aromatic rings. The summed E-state index contributed by atoms with van der Waals surface area (Å²) < 4.78 is 12.5. The van der Waals surface area contributed by atoms with E-state index in [2.05, 4.69) is 29.2 Å². The predicted octanol–water partition coefficient (Wildman–Crippen LogP) is 8.99. The van der Waals surface area contributed by atoms with Crippen LogP contribution in [0, 0.1) is 17.4 Å².